The summed E-state index contributed by atoms with van der Waals surface area (Å²) in [5, 5.41) is 23.1. The summed E-state index contributed by atoms with van der Waals surface area (Å²) < 4.78 is 0. The number of carbonyl (C=O) groups excluding carboxylic acids is 2. The Hall–Kier alpha value is -3.37. The number of anilines is 1. The normalized spacial score (nSPS) is 16.5. The summed E-state index contributed by atoms with van der Waals surface area (Å²) in [5.41, 5.74) is 1.50. The lowest BCUT2D eigenvalue weighted by Gasteiger charge is -2.24. The van der Waals surface area contributed by atoms with Crippen molar-refractivity contribution in [3.05, 3.63) is 85.4 Å². The van der Waals surface area contributed by atoms with Gasteiger partial charge in [-0.25, -0.2) is 4.98 Å². The molecule has 3 heterocycles. The molecule has 29 heavy (non-hydrogen) atoms. The SMILES string of the molecule is Cc1ccc([C@H]2C(C(=O)c3cccs3)=C(O)C(=O)N2c2ncc([N+](=O)[O-])s2)cc1. The van der Waals surface area contributed by atoms with Gasteiger partial charge in [-0.2, -0.15) is 0 Å². The average molecular weight is 427 g/mol. The second-order valence-corrected chi connectivity index (χ2v) is 8.23. The highest BCUT2D eigenvalue weighted by Crippen LogP contribution is 2.44. The summed E-state index contributed by atoms with van der Waals surface area (Å²) in [7, 11) is 0. The van der Waals surface area contributed by atoms with Crippen molar-refractivity contribution < 1.29 is 19.6 Å². The molecule has 1 aromatic carbocycles. The first-order chi connectivity index (χ1) is 13.9. The molecule has 10 heteroatoms. The van der Waals surface area contributed by atoms with E-state index in [0.717, 1.165) is 16.7 Å². The van der Waals surface area contributed by atoms with Gasteiger partial charge in [0.1, 0.15) is 6.20 Å². The van der Waals surface area contributed by atoms with Crippen LogP contribution in [0.3, 0.4) is 0 Å². The Balaban J connectivity index is 1.87. The number of nitro groups is 1. The van der Waals surface area contributed by atoms with Gasteiger partial charge in [-0.3, -0.25) is 24.6 Å². The molecule has 1 aliphatic heterocycles. The second kappa shape index (κ2) is 7.22. The van der Waals surface area contributed by atoms with E-state index in [-0.39, 0.29) is 15.7 Å². The number of ketones is 1. The van der Waals surface area contributed by atoms with E-state index in [2.05, 4.69) is 4.98 Å². The van der Waals surface area contributed by atoms with Crippen molar-refractivity contribution >= 4 is 44.5 Å². The number of Topliss-reactive ketones (excluding diaryl/α,β-unsaturated/α-hetero) is 1. The van der Waals surface area contributed by atoms with Gasteiger partial charge in [0, 0.05) is 0 Å². The number of nitrogens with zero attached hydrogens (tertiary/aromatic N) is 3. The van der Waals surface area contributed by atoms with Gasteiger partial charge in [0.25, 0.3) is 5.91 Å². The third-order valence-corrected chi connectivity index (χ3v) is 6.28. The van der Waals surface area contributed by atoms with Crippen LogP contribution in [-0.2, 0) is 4.79 Å². The second-order valence-electron chi connectivity index (χ2n) is 6.30. The lowest BCUT2D eigenvalue weighted by Crippen LogP contribution is -2.30. The van der Waals surface area contributed by atoms with Crippen molar-refractivity contribution in [3.63, 3.8) is 0 Å². The Kier molecular flexibility index (Phi) is 4.73. The molecule has 1 atom stereocenters. The van der Waals surface area contributed by atoms with Gasteiger partial charge >= 0.3 is 5.00 Å². The summed E-state index contributed by atoms with van der Waals surface area (Å²) in [6.07, 6.45) is 1.05. The van der Waals surface area contributed by atoms with Crippen molar-refractivity contribution in [1.29, 1.82) is 0 Å². The zero-order valence-corrected chi connectivity index (χ0v) is 16.6. The van der Waals surface area contributed by atoms with E-state index in [0.29, 0.717) is 21.8 Å². The van der Waals surface area contributed by atoms with Gasteiger partial charge in [0.2, 0.25) is 5.78 Å². The topological polar surface area (TPSA) is 114 Å². The molecule has 4 rings (SSSR count). The highest BCUT2D eigenvalue weighted by Gasteiger charge is 2.46. The summed E-state index contributed by atoms with van der Waals surface area (Å²) in [6, 6.07) is 9.53. The number of hydrogen-bond donors (Lipinski definition) is 1. The molecular weight excluding hydrogens is 414 g/mol. The highest BCUT2D eigenvalue weighted by molar-refractivity contribution is 7.18. The maximum Gasteiger partial charge on any atom is 0.345 e. The van der Waals surface area contributed by atoms with E-state index in [1.807, 2.05) is 19.1 Å². The van der Waals surface area contributed by atoms with Crippen molar-refractivity contribution in [1.82, 2.24) is 4.98 Å². The Morgan fingerprint density at radius 3 is 2.59 bits per heavy atom. The lowest BCUT2D eigenvalue weighted by atomic mass is 9.95. The minimum Gasteiger partial charge on any atom is -0.503 e. The number of amides is 1. The Morgan fingerprint density at radius 1 is 1.28 bits per heavy atom. The van der Waals surface area contributed by atoms with Crippen LogP contribution in [0.1, 0.15) is 26.8 Å². The average Bonchev–Trinajstić information content (AvgIpc) is 3.43. The number of thiophene rings is 1. The number of rotatable bonds is 5. The number of hydrogen-bond acceptors (Lipinski definition) is 8. The van der Waals surface area contributed by atoms with Crippen LogP contribution in [0.2, 0.25) is 0 Å². The molecule has 0 spiro atoms. The molecule has 3 aromatic rings. The smallest absolute Gasteiger partial charge is 0.345 e. The molecular formula is C19H13N3O5S2. The zero-order chi connectivity index (χ0) is 20.7. The first-order valence-electron chi connectivity index (χ1n) is 8.40. The monoisotopic (exact) mass is 427 g/mol. The van der Waals surface area contributed by atoms with Crippen LogP contribution in [0.15, 0.2) is 59.3 Å². The van der Waals surface area contributed by atoms with Crippen molar-refractivity contribution in [3.8, 4) is 0 Å². The molecule has 0 fully saturated rings. The first kappa shape index (κ1) is 19.0. The molecule has 0 radical (unpaired) electrons. The van der Waals surface area contributed by atoms with E-state index in [9.17, 15) is 24.8 Å². The molecule has 0 bridgehead atoms. The Labute approximate surface area is 172 Å². The first-order valence-corrected chi connectivity index (χ1v) is 10.1. The zero-order valence-electron chi connectivity index (χ0n) is 14.9. The number of aliphatic hydroxyl groups is 1. The van der Waals surface area contributed by atoms with E-state index >= 15 is 0 Å². The predicted molar refractivity (Wildman–Crippen MR) is 108 cm³/mol. The van der Waals surface area contributed by atoms with Crippen molar-refractivity contribution in [2.24, 2.45) is 0 Å². The van der Waals surface area contributed by atoms with Crippen LogP contribution in [0.25, 0.3) is 0 Å². The highest BCUT2D eigenvalue weighted by atomic mass is 32.1. The minimum atomic E-state index is -0.941. The molecule has 0 aliphatic carbocycles. The van der Waals surface area contributed by atoms with E-state index < -0.39 is 28.4 Å². The van der Waals surface area contributed by atoms with Crippen LogP contribution in [0, 0.1) is 17.0 Å². The number of carbonyl (C=O) groups is 2. The van der Waals surface area contributed by atoms with Crippen LogP contribution >= 0.6 is 22.7 Å². The predicted octanol–water partition coefficient (Wildman–Crippen LogP) is 4.20. The van der Waals surface area contributed by atoms with E-state index in [4.69, 9.17) is 0 Å². The fraction of sp³-hybridized carbons (Fsp3) is 0.105. The molecule has 146 valence electrons. The third-order valence-electron chi connectivity index (χ3n) is 4.46. The van der Waals surface area contributed by atoms with Gasteiger partial charge in [0.05, 0.1) is 21.4 Å². The van der Waals surface area contributed by atoms with E-state index in [1.54, 1.807) is 29.6 Å². The largest absolute Gasteiger partial charge is 0.503 e. The van der Waals surface area contributed by atoms with Crippen molar-refractivity contribution in [2.45, 2.75) is 13.0 Å². The molecule has 0 saturated heterocycles. The van der Waals surface area contributed by atoms with Crippen molar-refractivity contribution in [2.75, 3.05) is 4.90 Å². The van der Waals surface area contributed by atoms with Gasteiger partial charge in [0.15, 0.2) is 10.9 Å². The van der Waals surface area contributed by atoms with E-state index in [1.165, 1.54) is 11.3 Å². The summed E-state index contributed by atoms with van der Waals surface area (Å²) in [6.45, 7) is 1.90. The molecule has 2 aromatic heterocycles. The Morgan fingerprint density at radius 2 is 2.00 bits per heavy atom. The fourth-order valence-corrected chi connectivity index (χ4v) is 4.53. The molecule has 0 saturated carbocycles. The quantitative estimate of drug-likeness (QED) is 0.371. The van der Waals surface area contributed by atoms with Crippen LogP contribution in [0.4, 0.5) is 10.1 Å². The van der Waals surface area contributed by atoms with Gasteiger partial charge < -0.3 is 5.11 Å². The molecule has 1 amide bonds. The van der Waals surface area contributed by atoms with Gasteiger partial charge in [-0.05, 0) is 35.3 Å². The van der Waals surface area contributed by atoms with Gasteiger partial charge in [-0.1, -0.05) is 35.9 Å². The Bertz CT molecular complexity index is 1150. The van der Waals surface area contributed by atoms with Crippen LogP contribution in [-0.4, -0.2) is 26.7 Å². The molecule has 1 aliphatic rings. The summed E-state index contributed by atoms with van der Waals surface area (Å²) in [4.78, 5) is 41.9. The number of aliphatic hydroxyl groups excluding tert-OH is 1. The number of aromatic nitrogens is 1. The van der Waals surface area contributed by atoms with Crippen LogP contribution < -0.4 is 4.90 Å². The summed E-state index contributed by atoms with van der Waals surface area (Å²) in [5.74, 6) is -1.96. The number of benzene rings is 1. The molecule has 8 nitrogen and oxygen atoms in total. The number of thiazole rings is 1. The maximum atomic E-state index is 13.1. The van der Waals surface area contributed by atoms with Gasteiger partial charge in [-0.15, -0.1) is 11.3 Å². The maximum absolute atomic E-state index is 13.1. The lowest BCUT2D eigenvalue weighted by molar-refractivity contribution is -0.380. The van der Waals surface area contributed by atoms with Crippen LogP contribution in [0.5, 0.6) is 0 Å². The fourth-order valence-electron chi connectivity index (χ4n) is 3.09. The molecule has 1 N–H and O–H groups in total. The minimum absolute atomic E-state index is 0.0350. The summed E-state index contributed by atoms with van der Waals surface area (Å²) >= 11 is 1.90. The number of aryl methyl sites for hydroxylation is 1. The third kappa shape index (κ3) is 3.22. The molecule has 0 unspecified atom stereocenters. The standard InChI is InChI=1S/C19H13N3O5S2/c1-10-4-6-11(7-5-10)15-14(16(23)12-3-2-8-28-12)17(24)18(25)21(15)19-20-9-13(29-19)22(26)27/h2-9,15,24H,1H3/t15-/m0/s1.